The summed E-state index contributed by atoms with van der Waals surface area (Å²) >= 11 is 0. The molecule has 0 saturated heterocycles. The summed E-state index contributed by atoms with van der Waals surface area (Å²) < 4.78 is 0. The molecule has 0 amide bonds. The van der Waals surface area contributed by atoms with Gasteiger partial charge in [-0.05, 0) is 19.4 Å². The normalized spacial score (nSPS) is 11.8. The van der Waals surface area contributed by atoms with Crippen molar-refractivity contribution in [3.63, 3.8) is 0 Å². The van der Waals surface area contributed by atoms with Gasteiger partial charge in [-0.15, -0.1) is 0 Å². The van der Waals surface area contributed by atoms with Crippen molar-refractivity contribution in [3.05, 3.63) is 39.4 Å². The molecule has 5 nitrogen and oxygen atoms in total. The monoisotopic (exact) mass is 233 g/mol. The number of nitrogens with zero attached hydrogens (tertiary/aromatic N) is 2. The molecule has 0 fully saturated rings. The van der Waals surface area contributed by atoms with Crippen LogP contribution in [0.25, 0.3) is 0 Å². The summed E-state index contributed by atoms with van der Waals surface area (Å²) in [4.78, 5) is 10.4. The van der Waals surface area contributed by atoms with E-state index in [2.05, 4.69) is 11.4 Å². The minimum atomic E-state index is -0.378. The molecule has 1 unspecified atom stereocenters. The number of nitrogens with one attached hydrogen (secondary N) is 1. The molecule has 1 rings (SSSR count). The predicted molar refractivity (Wildman–Crippen MR) is 64.3 cm³/mol. The minimum absolute atomic E-state index is 0.0611. The van der Waals surface area contributed by atoms with Gasteiger partial charge in [0.1, 0.15) is 0 Å². The van der Waals surface area contributed by atoms with Crippen molar-refractivity contribution in [2.45, 2.75) is 20.4 Å². The highest BCUT2D eigenvalue weighted by atomic mass is 16.6. The van der Waals surface area contributed by atoms with E-state index in [1.54, 1.807) is 13.0 Å². The van der Waals surface area contributed by atoms with Gasteiger partial charge in [0.25, 0.3) is 5.69 Å². The third kappa shape index (κ3) is 3.54. The first-order valence-electron chi connectivity index (χ1n) is 5.39. The van der Waals surface area contributed by atoms with Crippen LogP contribution in [0.4, 0.5) is 5.69 Å². The molecule has 1 atom stereocenters. The highest BCUT2D eigenvalue weighted by Gasteiger charge is 2.12. The second-order valence-corrected chi connectivity index (χ2v) is 3.98. The van der Waals surface area contributed by atoms with E-state index in [1.165, 1.54) is 6.07 Å². The van der Waals surface area contributed by atoms with Gasteiger partial charge in [-0.2, -0.15) is 5.26 Å². The topological polar surface area (TPSA) is 79.0 Å². The highest BCUT2D eigenvalue weighted by Crippen LogP contribution is 2.20. The molecule has 0 bridgehead atoms. The molecular weight excluding hydrogens is 218 g/mol. The number of nitriles is 1. The fraction of sp³-hybridized carbons (Fsp3) is 0.417. The van der Waals surface area contributed by atoms with E-state index >= 15 is 0 Å². The summed E-state index contributed by atoms with van der Waals surface area (Å²) in [5, 5.41) is 22.5. The maximum atomic E-state index is 10.7. The van der Waals surface area contributed by atoms with E-state index in [1.807, 2.05) is 13.0 Å². The lowest BCUT2D eigenvalue weighted by molar-refractivity contribution is -0.385. The Labute approximate surface area is 100 Å². The number of hydrogen-bond acceptors (Lipinski definition) is 4. The molecule has 0 aliphatic carbocycles. The van der Waals surface area contributed by atoms with Crippen LogP contribution in [0.5, 0.6) is 0 Å². The zero-order valence-corrected chi connectivity index (χ0v) is 9.93. The quantitative estimate of drug-likeness (QED) is 0.624. The van der Waals surface area contributed by atoms with Crippen molar-refractivity contribution in [2.24, 2.45) is 5.92 Å². The summed E-state index contributed by atoms with van der Waals surface area (Å²) in [6, 6.07) is 7.15. The molecule has 0 saturated carbocycles. The lowest BCUT2D eigenvalue weighted by Gasteiger charge is -2.08. The van der Waals surface area contributed by atoms with Crippen molar-refractivity contribution >= 4 is 5.69 Å². The van der Waals surface area contributed by atoms with E-state index in [0.29, 0.717) is 18.7 Å². The Bertz CT molecular complexity index is 452. The Morgan fingerprint density at radius 1 is 1.59 bits per heavy atom. The molecule has 1 aromatic rings. The molecule has 0 heterocycles. The molecule has 90 valence electrons. The molecule has 0 aromatic heterocycles. The van der Waals surface area contributed by atoms with E-state index in [9.17, 15) is 10.1 Å². The second kappa shape index (κ2) is 5.97. The van der Waals surface area contributed by atoms with Gasteiger partial charge in [0.05, 0.1) is 16.9 Å². The maximum absolute atomic E-state index is 10.7. The van der Waals surface area contributed by atoms with Crippen LogP contribution >= 0.6 is 0 Å². The Hall–Kier alpha value is -1.93. The molecular formula is C12H15N3O2. The Morgan fingerprint density at radius 2 is 2.29 bits per heavy atom. The van der Waals surface area contributed by atoms with Crippen molar-refractivity contribution < 1.29 is 4.92 Å². The fourth-order valence-electron chi connectivity index (χ4n) is 1.53. The zero-order valence-electron chi connectivity index (χ0n) is 9.93. The fourth-order valence-corrected chi connectivity index (χ4v) is 1.53. The van der Waals surface area contributed by atoms with E-state index in [4.69, 9.17) is 5.26 Å². The molecule has 0 aliphatic rings. The number of hydrogen-bond donors (Lipinski definition) is 1. The van der Waals surface area contributed by atoms with E-state index in [0.717, 1.165) is 5.56 Å². The van der Waals surface area contributed by atoms with Crippen LogP contribution in [-0.4, -0.2) is 11.5 Å². The van der Waals surface area contributed by atoms with E-state index in [-0.39, 0.29) is 16.5 Å². The van der Waals surface area contributed by atoms with Crippen molar-refractivity contribution in [1.82, 2.24) is 5.32 Å². The number of rotatable bonds is 5. The predicted octanol–water partition coefficient (Wildman–Crippen LogP) is 2.15. The Kier molecular flexibility index (Phi) is 4.61. The summed E-state index contributed by atoms with van der Waals surface area (Å²) in [6.07, 6.45) is 0. The van der Waals surface area contributed by atoms with Gasteiger partial charge in [0.2, 0.25) is 0 Å². The van der Waals surface area contributed by atoms with Crippen molar-refractivity contribution in [2.75, 3.05) is 6.54 Å². The standard InChI is InChI=1S/C12H15N3O2/c1-9(6-13)7-14-8-11-4-3-5-12(10(11)2)15(16)17/h3-5,9,14H,7-8H2,1-2H3. The first-order valence-corrected chi connectivity index (χ1v) is 5.39. The average molecular weight is 233 g/mol. The molecule has 5 heteroatoms. The van der Waals surface area contributed by atoms with Crippen LogP contribution in [0.1, 0.15) is 18.1 Å². The third-order valence-corrected chi connectivity index (χ3v) is 2.60. The van der Waals surface area contributed by atoms with Crippen LogP contribution in [0.2, 0.25) is 0 Å². The minimum Gasteiger partial charge on any atom is -0.311 e. The number of benzene rings is 1. The molecule has 0 aliphatic heterocycles. The summed E-state index contributed by atoms with van der Waals surface area (Å²) in [7, 11) is 0. The Balaban J connectivity index is 2.70. The molecule has 0 radical (unpaired) electrons. The van der Waals surface area contributed by atoms with E-state index < -0.39 is 0 Å². The lowest BCUT2D eigenvalue weighted by Crippen LogP contribution is -2.20. The first-order chi connectivity index (χ1) is 8.06. The van der Waals surface area contributed by atoms with Gasteiger partial charge < -0.3 is 5.32 Å². The van der Waals surface area contributed by atoms with Gasteiger partial charge in [-0.3, -0.25) is 10.1 Å². The van der Waals surface area contributed by atoms with Gasteiger partial charge in [-0.25, -0.2) is 0 Å². The SMILES string of the molecule is Cc1c(CNCC(C)C#N)cccc1[N+](=O)[O-]. The highest BCUT2D eigenvalue weighted by molar-refractivity contribution is 5.44. The lowest BCUT2D eigenvalue weighted by atomic mass is 10.1. The molecule has 0 spiro atoms. The molecule has 1 aromatic carbocycles. The van der Waals surface area contributed by atoms with Gasteiger partial charge in [-0.1, -0.05) is 12.1 Å². The Morgan fingerprint density at radius 3 is 2.88 bits per heavy atom. The van der Waals surface area contributed by atoms with Crippen LogP contribution in [-0.2, 0) is 6.54 Å². The van der Waals surface area contributed by atoms with Gasteiger partial charge in [0, 0.05) is 24.7 Å². The molecule has 1 N–H and O–H groups in total. The van der Waals surface area contributed by atoms with Crippen LogP contribution in [0.15, 0.2) is 18.2 Å². The van der Waals surface area contributed by atoms with Crippen LogP contribution < -0.4 is 5.32 Å². The summed E-state index contributed by atoms with van der Waals surface area (Å²) in [5.41, 5.74) is 1.71. The zero-order chi connectivity index (χ0) is 12.8. The summed E-state index contributed by atoms with van der Waals surface area (Å²) in [6.45, 7) is 4.69. The maximum Gasteiger partial charge on any atom is 0.272 e. The smallest absolute Gasteiger partial charge is 0.272 e. The largest absolute Gasteiger partial charge is 0.311 e. The number of nitro benzene ring substituents is 1. The first kappa shape index (κ1) is 13.1. The van der Waals surface area contributed by atoms with Gasteiger partial charge in [0.15, 0.2) is 0 Å². The van der Waals surface area contributed by atoms with Crippen molar-refractivity contribution in [1.29, 1.82) is 5.26 Å². The van der Waals surface area contributed by atoms with Gasteiger partial charge >= 0.3 is 0 Å². The van der Waals surface area contributed by atoms with Crippen LogP contribution in [0, 0.1) is 34.3 Å². The summed E-state index contributed by atoms with van der Waals surface area (Å²) in [5.74, 6) is -0.0611. The number of nitro groups is 1. The van der Waals surface area contributed by atoms with Crippen molar-refractivity contribution in [3.8, 4) is 6.07 Å². The second-order valence-electron chi connectivity index (χ2n) is 3.98. The third-order valence-electron chi connectivity index (χ3n) is 2.60. The average Bonchev–Trinajstić information content (AvgIpc) is 2.30. The van der Waals surface area contributed by atoms with Crippen LogP contribution in [0.3, 0.4) is 0 Å². The molecule has 17 heavy (non-hydrogen) atoms.